The van der Waals surface area contributed by atoms with Gasteiger partial charge in [0.25, 0.3) is 10.0 Å². The monoisotopic (exact) mass is 384 g/mol. The molecule has 7 heteroatoms. The molecular formula is C17H21ClN2O2S2. The third-order valence-corrected chi connectivity index (χ3v) is 7.97. The summed E-state index contributed by atoms with van der Waals surface area (Å²) in [6, 6.07) is 9.70. The molecule has 24 heavy (non-hydrogen) atoms. The van der Waals surface area contributed by atoms with Gasteiger partial charge in [0.1, 0.15) is 4.21 Å². The molecule has 1 aliphatic rings. The van der Waals surface area contributed by atoms with Crippen molar-refractivity contribution < 1.29 is 8.42 Å². The number of aryl methyl sites for hydroxylation is 2. The SMILES string of the molecule is Cc1ccc(C)c(CN2CCN(S(=O)(=O)c3ccc(Cl)s3)CC2)c1. The minimum absolute atomic E-state index is 0.329. The van der Waals surface area contributed by atoms with Crippen molar-refractivity contribution in [1.82, 2.24) is 9.21 Å². The molecular weight excluding hydrogens is 364 g/mol. The molecule has 1 aromatic heterocycles. The second-order valence-electron chi connectivity index (χ2n) is 6.17. The number of hydrogen-bond donors (Lipinski definition) is 0. The summed E-state index contributed by atoms with van der Waals surface area (Å²) in [5, 5.41) is 0. The van der Waals surface area contributed by atoms with Crippen LogP contribution < -0.4 is 0 Å². The average Bonchev–Trinajstić information content (AvgIpc) is 2.99. The van der Waals surface area contributed by atoms with Gasteiger partial charge in [0.2, 0.25) is 0 Å². The Bertz CT molecular complexity index is 825. The minimum Gasteiger partial charge on any atom is -0.296 e. The van der Waals surface area contributed by atoms with Crippen LogP contribution in [0.2, 0.25) is 4.34 Å². The van der Waals surface area contributed by atoms with Gasteiger partial charge < -0.3 is 0 Å². The molecule has 0 aliphatic carbocycles. The molecule has 1 aromatic carbocycles. The van der Waals surface area contributed by atoms with E-state index in [0.717, 1.165) is 31.0 Å². The minimum atomic E-state index is -3.41. The third kappa shape index (κ3) is 3.83. The molecule has 0 amide bonds. The van der Waals surface area contributed by atoms with Gasteiger partial charge in [-0.3, -0.25) is 4.90 Å². The van der Waals surface area contributed by atoms with E-state index >= 15 is 0 Å². The first-order valence-corrected chi connectivity index (χ1v) is 10.5. The van der Waals surface area contributed by atoms with Crippen LogP contribution in [0.25, 0.3) is 0 Å². The van der Waals surface area contributed by atoms with E-state index in [1.807, 2.05) is 0 Å². The van der Waals surface area contributed by atoms with Gasteiger partial charge >= 0.3 is 0 Å². The lowest BCUT2D eigenvalue weighted by Crippen LogP contribution is -2.48. The fourth-order valence-electron chi connectivity index (χ4n) is 2.90. The van der Waals surface area contributed by atoms with Crippen molar-refractivity contribution in [3.8, 4) is 0 Å². The van der Waals surface area contributed by atoms with Gasteiger partial charge in [0.15, 0.2) is 0 Å². The smallest absolute Gasteiger partial charge is 0.252 e. The number of rotatable bonds is 4. The van der Waals surface area contributed by atoms with E-state index in [1.54, 1.807) is 16.4 Å². The fraction of sp³-hybridized carbons (Fsp3) is 0.412. The topological polar surface area (TPSA) is 40.6 Å². The molecule has 0 N–H and O–H groups in total. The molecule has 4 nitrogen and oxygen atoms in total. The lowest BCUT2D eigenvalue weighted by Gasteiger charge is -2.34. The van der Waals surface area contributed by atoms with Gasteiger partial charge in [-0.25, -0.2) is 8.42 Å². The lowest BCUT2D eigenvalue weighted by molar-refractivity contribution is 0.181. The van der Waals surface area contributed by atoms with E-state index in [4.69, 9.17) is 11.6 Å². The first kappa shape index (κ1) is 17.9. The summed E-state index contributed by atoms with van der Waals surface area (Å²) in [6.45, 7) is 7.60. The van der Waals surface area contributed by atoms with Crippen molar-refractivity contribution in [2.75, 3.05) is 26.2 Å². The van der Waals surface area contributed by atoms with Crippen LogP contribution in [0.3, 0.4) is 0 Å². The number of thiophene rings is 1. The van der Waals surface area contributed by atoms with E-state index in [9.17, 15) is 8.42 Å². The predicted molar refractivity (Wildman–Crippen MR) is 99.3 cm³/mol. The van der Waals surface area contributed by atoms with Crippen LogP contribution >= 0.6 is 22.9 Å². The Hall–Kier alpha value is -0.920. The zero-order chi connectivity index (χ0) is 17.3. The van der Waals surface area contributed by atoms with Gasteiger partial charge in [-0.2, -0.15) is 4.31 Å². The van der Waals surface area contributed by atoms with Crippen LogP contribution in [0.4, 0.5) is 0 Å². The molecule has 3 rings (SSSR count). The molecule has 130 valence electrons. The lowest BCUT2D eigenvalue weighted by atomic mass is 10.1. The summed E-state index contributed by atoms with van der Waals surface area (Å²) in [7, 11) is -3.41. The Balaban J connectivity index is 1.64. The standard InChI is InChI=1S/C17H21ClN2O2S2/c1-13-3-4-14(2)15(11-13)12-19-7-9-20(10-8-19)24(21,22)17-6-5-16(18)23-17/h3-6,11H,7-10,12H2,1-2H3. The highest BCUT2D eigenvalue weighted by Crippen LogP contribution is 2.28. The highest BCUT2D eigenvalue weighted by Gasteiger charge is 2.29. The molecule has 0 saturated carbocycles. The van der Waals surface area contributed by atoms with Crippen molar-refractivity contribution in [2.24, 2.45) is 0 Å². The van der Waals surface area contributed by atoms with E-state index in [0.29, 0.717) is 21.6 Å². The average molecular weight is 385 g/mol. The Labute approximate surface area is 152 Å². The van der Waals surface area contributed by atoms with E-state index < -0.39 is 10.0 Å². The van der Waals surface area contributed by atoms with Crippen LogP contribution in [0, 0.1) is 13.8 Å². The summed E-state index contributed by atoms with van der Waals surface area (Å²) in [5.41, 5.74) is 3.85. The summed E-state index contributed by atoms with van der Waals surface area (Å²) in [6.07, 6.45) is 0. The maximum Gasteiger partial charge on any atom is 0.252 e. The third-order valence-electron chi connectivity index (χ3n) is 4.37. The molecule has 0 unspecified atom stereocenters. The highest BCUT2D eigenvalue weighted by molar-refractivity contribution is 7.91. The summed E-state index contributed by atoms with van der Waals surface area (Å²) in [4.78, 5) is 2.31. The predicted octanol–water partition coefficient (Wildman–Crippen LogP) is 3.52. The zero-order valence-corrected chi connectivity index (χ0v) is 16.2. The van der Waals surface area contributed by atoms with Crippen LogP contribution in [-0.2, 0) is 16.6 Å². The first-order chi connectivity index (χ1) is 11.4. The number of halogens is 1. The number of sulfonamides is 1. The van der Waals surface area contributed by atoms with Crippen molar-refractivity contribution >= 4 is 33.0 Å². The molecule has 0 spiro atoms. The van der Waals surface area contributed by atoms with Gasteiger partial charge in [0.05, 0.1) is 4.34 Å². The molecule has 1 fully saturated rings. The van der Waals surface area contributed by atoms with E-state index in [-0.39, 0.29) is 0 Å². The summed E-state index contributed by atoms with van der Waals surface area (Å²) >= 11 is 6.99. The largest absolute Gasteiger partial charge is 0.296 e. The second kappa shape index (κ2) is 7.14. The quantitative estimate of drug-likeness (QED) is 0.809. The Morgan fingerprint density at radius 2 is 1.79 bits per heavy atom. The molecule has 1 saturated heterocycles. The van der Waals surface area contributed by atoms with Crippen LogP contribution in [-0.4, -0.2) is 43.8 Å². The maximum absolute atomic E-state index is 12.6. The number of nitrogens with zero attached hydrogens (tertiary/aromatic N) is 2. The Morgan fingerprint density at radius 1 is 1.08 bits per heavy atom. The summed E-state index contributed by atoms with van der Waals surface area (Å²) < 4.78 is 27.6. The van der Waals surface area contributed by atoms with Crippen molar-refractivity contribution in [3.05, 3.63) is 51.4 Å². The van der Waals surface area contributed by atoms with E-state index in [1.165, 1.54) is 16.7 Å². The van der Waals surface area contributed by atoms with E-state index in [2.05, 4.69) is 36.9 Å². The Morgan fingerprint density at radius 3 is 2.42 bits per heavy atom. The highest BCUT2D eigenvalue weighted by atomic mass is 35.5. The zero-order valence-electron chi connectivity index (χ0n) is 13.8. The molecule has 0 bridgehead atoms. The molecule has 2 heterocycles. The van der Waals surface area contributed by atoms with Crippen LogP contribution in [0.5, 0.6) is 0 Å². The molecule has 0 atom stereocenters. The van der Waals surface area contributed by atoms with Gasteiger partial charge in [-0.15, -0.1) is 11.3 Å². The van der Waals surface area contributed by atoms with Crippen LogP contribution in [0.15, 0.2) is 34.5 Å². The molecule has 1 aliphatic heterocycles. The van der Waals surface area contributed by atoms with Gasteiger partial charge in [-0.1, -0.05) is 35.4 Å². The van der Waals surface area contributed by atoms with Crippen molar-refractivity contribution in [3.63, 3.8) is 0 Å². The first-order valence-electron chi connectivity index (χ1n) is 7.90. The number of benzene rings is 1. The van der Waals surface area contributed by atoms with Crippen LogP contribution in [0.1, 0.15) is 16.7 Å². The van der Waals surface area contributed by atoms with Gasteiger partial charge in [0, 0.05) is 32.7 Å². The molecule has 2 aromatic rings. The van der Waals surface area contributed by atoms with Gasteiger partial charge in [-0.05, 0) is 37.1 Å². The van der Waals surface area contributed by atoms with Crippen molar-refractivity contribution in [1.29, 1.82) is 0 Å². The second-order valence-corrected chi connectivity index (χ2v) is 10.0. The maximum atomic E-state index is 12.6. The number of piperazine rings is 1. The molecule has 0 radical (unpaired) electrons. The fourth-order valence-corrected chi connectivity index (χ4v) is 5.96. The normalized spacial score (nSPS) is 17.3. The number of hydrogen-bond acceptors (Lipinski definition) is 4. The summed E-state index contributed by atoms with van der Waals surface area (Å²) in [5.74, 6) is 0. The Kier molecular flexibility index (Phi) is 5.32. The van der Waals surface area contributed by atoms with Crippen molar-refractivity contribution in [2.45, 2.75) is 24.6 Å².